The van der Waals surface area contributed by atoms with E-state index in [0.717, 1.165) is 11.3 Å². The number of nitrogen functional groups attached to an aromatic ring is 1. The first-order chi connectivity index (χ1) is 10.3. The zero-order valence-corrected chi connectivity index (χ0v) is 13.6. The average Bonchev–Trinajstić information content (AvgIpc) is 2.94. The van der Waals surface area contributed by atoms with Crippen LogP contribution in [-0.2, 0) is 0 Å². The van der Waals surface area contributed by atoms with Gasteiger partial charge in [0.05, 0.1) is 11.9 Å². The smallest absolute Gasteiger partial charge is 0.153 e. The summed E-state index contributed by atoms with van der Waals surface area (Å²) in [6.07, 6.45) is 1.77. The number of fused-ring (bicyclic) bond motifs is 1. The van der Waals surface area contributed by atoms with Gasteiger partial charge >= 0.3 is 0 Å². The molecule has 3 aromatic rings. The van der Waals surface area contributed by atoms with Gasteiger partial charge in [0.25, 0.3) is 0 Å². The number of aryl methyl sites for hydroxylation is 1. The summed E-state index contributed by atoms with van der Waals surface area (Å²) in [6, 6.07) is 15.6. The van der Waals surface area contributed by atoms with Crippen LogP contribution >= 0.6 is 0 Å². The fraction of sp³-hybridized carbons (Fsp3) is 0.294. The summed E-state index contributed by atoms with van der Waals surface area (Å²) in [6.45, 7) is 9.94. The quantitative estimate of drug-likeness (QED) is 0.657. The monoisotopic (exact) mass is 289 g/mol. The third kappa shape index (κ3) is 6.56. The van der Waals surface area contributed by atoms with Crippen LogP contribution in [0.3, 0.4) is 0 Å². The molecule has 4 nitrogen and oxygen atoms in total. The van der Waals surface area contributed by atoms with E-state index >= 15 is 0 Å². The first-order valence-corrected chi connectivity index (χ1v) is 7.34. The molecule has 0 aliphatic rings. The summed E-state index contributed by atoms with van der Waals surface area (Å²) in [5.74, 6) is 0.513. The third-order valence-electron chi connectivity index (χ3n) is 2.22. The van der Waals surface area contributed by atoms with Crippen molar-refractivity contribution in [1.82, 2.24) is 14.6 Å². The zero-order valence-electron chi connectivity index (χ0n) is 13.6. The number of hydrogen-bond donors (Lipinski definition) is 1. The van der Waals surface area contributed by atoms with Gasteiger partial charge in [-0.2, -0.15) is 0 Å². The van der Waals surface area contributed by atoms with Crippen molar-refractivity contribution >= 4 is 11.5 Å². The lowest BCUT2D eigenvalue weighted by atomic mass is 10.4. The number of hydrogen-bond acceptors (Lipinski definition) is 3. The van der Waals surface area contributed by atoms with Gasteiger partial charge in [0, 0.05) is 1.43 Å². The van der Waals surface area contributed by atoms with Gasteiger partial charge in [-0.05, 0) is 19.1 Å². The maximum absolute atomic E-state index is 5.49. The second-order valence-corrected chi connectivity index (χ2v) is 3.58. The van der Waals surface area contributed by atoms with E-state index in [4.69, 9.17) is 5.73 Å². The van der Waals surface area contributed by atoms with Gasteiger partial charge in [-0.15, -0.1) is 5.10 Å². The van der Waals surface area contributed by atoms with Gasteiger partial charge in [0.15, 0.2) is 5.65 Å². The summed E-state index contributed by atoms with van der Waals surface area (Å²) >= 11 is 0. The lowest BCUT2D eigenvalue weighted by molar-refractivity contribution is 0.908. The Hall–Kier alpha value is -2.36. The van der Waals surface area contributed by atoms with Crippen LogP contribution in [0.5, 0.6) is 0 Å². The van der Waals surface area contributed by atoms with Crippen LogP contribution in [0.4, 0.5) is 5.82 Å². The zero-order chi connectivity index (χ0) is 16.1. The first-order valence-electron chi connectivity index (χ1n) is 7.34. The van der Waals surface area contributed by atoms with Crippen molar-refractivity contribution in [3.63, 3.8) is 0 Å². The predicted octanol–water partition coefficient (Wildman–Crippen LogP) is 4.60. The van der Waals surface area contributed by atoms with E-state index in [2.05, 4.69) is 10.1 Å². The van der Waals surface area contributed by atoms with E-state index in [0.29, 0.717) is 5.82 Å². The molecule has 0 bridgehead atoms. The summed E-state index contributed by atoms with van der Waals surface area (Å²) in [4.78, 5) is 4.10. The molecular weight excluding hydrogens is 260 g/mol. The van der Waals surface area contributed by atoms with E-state index in [1.54, 1.807) is 16.8 Å². The summed E-state index contributed by atoms with van der Waals surface area (Å²) in [5.41, 5.74) is 7.32. The van der Waals surface area contributed by atoms with Gasteiger partial charge in [-0.1, -0.05) is 64.1 Å². The minimum absolute atomic E-state index is 0. The number of anilines is 1. The lowest BCUT2D eigenvalue weighted by Crippen LogP contribution is -1.98. The molecule has 0 aliphatic heterocycles. The average molecular weight is 289 g/mol. The second kappa shape index (κ2) is 11.5. The van der Waals surface area contributed by atoms with E-state index in [1.165, 1.54) is 0 Å². The molecule has 0 spiro atoms. The van der Waals surface area contributed by atoms with Crippen LogP contribution in [0.1, 0.15) is 34.8 Å². The summed E-state index contributed by atoms with van der Waals surface area (Å²) in [7, 11) is 0. The first kappa shape index (κ1) is 18.6. The maximum atomic E-state index is 5.49. The molecule has 21 heavy (non-hydrogen) atoms. The van der Waals surface area contributed by atoms with Crippen molar-refractivity contribution in [1.29, 1.82) is 0 Å². The Morgan fingerprint density at radius 2 is 1.38 bits per heavy atom. The number of aromatic nitrogens is 3. The van der Waals surface area contributed by atoms with Crippen molar-refractivity contribution in [2.75, 3.05) is 5.73 Å². The second-order valence-electron chi connectivity index (χ2n) is 3.58. The van der Waals surface area contributed by atoms with Gasteiger partial charge in [0.2, 0.25) is 0 Å². The van der Waals surface area contributed by atoms with Crippen molar-refractivity contribution in [2.24, 2.45) is 0 Å². The molecule has 1 aromatic carbocycles. The van der Waals surface area contributed by atoms with Crippen molar-refractivity contribution in [3.8, 4) is 0 Å². The molecule has 0 amide bonds. The van der Waals surface area contributed by atoms with Crippen LogP contribution in [0.2, 0.25) is 0 Å². The molecule has 0 saturated heterocycles. The highest BCUT2D eigenvalue weighted by atomic mass is 15.3. The van der Waals surface area contributed by atoms with Crippen molar-refractivity contribution < 1.29 is 1.43 Å². The maximum Gasteiger partial charge on any atom is 0.153 e. The minimum atomic E-state index is 0. The van der Waals surface area contributed by atoms with Crippen LogP contribution < -0.4 is 5.73 Å². The van der Waals surface area contributed by atoms with Crippen LogP contribution in [0.15, 0.2) is 54.7 Å². The van der Waals surface area contributed by atoms with Crippen LogP contribution in [0.25, 0.3) is 5.65 Å². The standard InChI is InChI=1S/C7H8N4.C6H6.2C2H6.H2/c1-5-4-9-7-3-2-6(8)10-11(5)7;1-2-4-6-5-3-1;2*1-2;/h2-4H,1H3,(H2,8,10);1-6H;2*1-2H3;1H/i;;;;1+1. The van der Waals surface area contributed by atoms with E-state index in [-0.39, 0.29) is 1.43 Å². The Morgan fingerprint density at radius 1 is 0.905 bits per heavy atom. The topological polar surface area (TPSA) is 56.2 Å². The van der Waals surface area contributed by atoms with E-state index in [1.807, 2.05) is 77.1 Å². The minimum Gasteiger partial charge on any atom is -0.382 e. The molecule has 0 radical (unpaired) electrons. The largest absolute Gasteiger partial charge is 0.382 e. The highest BCUT2D eigenvalue weighted by Crippen LogP contribution is 2.04. The highest BCUT2D eigenvalue weighted by molar-refractivity contribution is 5.42. The number of nitrogens with two attached hydrogens (primary N) is 1. The van der Waals surface area contributed by atoms with Gasteiger partial charge in [-0.25, -0.2) is 9.50 Å². The van der Waals surface area contributed by atoms with E-state index in [9.17, 15) is 0 Å². The fourth-order valence-electron chi connectivity index (χ4n) is 1.39. The Bertz CT molecular complexity index is 567. The lowest BCUT2D eigenvalue weighted by Gasteiger charge is -1.94. The molecule has 0 unspecified atom stereocenters. The Kier molecular flexibility index (Phi) is 10.2. The van der Waals surface area contributed by atoms with Gasteiger partial charge < -0.3 is 5.73 Å². The third-order valence-corrected chi connectivity index (χ3v) is 2.22. The fourth-order valence-corrected chi connectivity index (χ4v) is 1.39. The normalized spacial score (nSPS) is 8.43. The Labute approximate surface area is 129 Å². The Balaban J connectivity index is 0. The predicted molar refractivity (Wildman–Crippen MR) is 93.4 cm³/mol. The molecule has 2 heterocycles. The number of nitrogens with zero attached hydrogens (tertiary/aromatic N) is 3. The molecule has 3 rings (SSSR count). The molecular formula is C17H28N4. The number of rotatable bonds is 0. The van der Waals surface area contributed by atoms with Gasteiger partial charge in [0.1, 0.15) is 5.82 Å². The Morgan fingerprint density at radius 3 is 1.86 bits per heavy atom. The molecule has 0 fully saturated rings. The number of imidazole rings is 1. The van der Waals surface area contributed by atoms with Crippen LogP contribution in [0, 0.1) is 6.92 Å². The van der Waals surface area contributed by atoms with Crippen molar-refractivity contribution in [3.05, 3.63) is 60.4 Å². The molecule has 116 valence electrons. The van der Waals surface area contributed by atoms with Crippen LogP contribution in [-0.4, -0.2) is 14.6 Å². The SMILES string of the molecule is CC.CC.Cc1cnc2ccc(N)nn12.[2HH].c1ccccc1. The van der Waals surface area contributed by atoms with E-state index < -0.39 is 0 Å². The molecule has 2 N–H and O–H groups in total. The molecule has 2 aromatic heterocycles. The summed E-state index contributed by atoms with van der Waals surface area (Å²) < 4.78 is 1.72. The molecule has 0 aliphatic carbocycles. The molecule has 4 heteroatoms. The van der Waals surface area contributed by atoms with Crippen molar-refractivity contribution in [2.45, 2.75) is 34.6 Å². The summed E-state index contributed by atoms with van der Waals surface area (Å²) in [5, 5.41) is 4.07. The molecule has 0 atom stereocenters. The number of benzene rings is 1. The highest BCUT2D eigenvalue weighted by Gasteiger charge is 1.98. The van der Waals surface area contributed by atoms with Gasteiger partial charge in [-0.3, -0.25) is 0 Å². The molecule has 0 saturated carbocycles.